The van der Waals surface area contributed by atoms with E-state index in [0.717, 1.165) is 54.7 Å². The summed E-state index contributed by atoms with van der Waals surface area (Å²) in [6.07, 6.45) is 4.91. The summed E-state index contributed by atoms with van der Waals surface area (Å²) in [4.78, 5) is 12.7. The van der Waals surface area contributed by atoms with E-state index in [4.69, 9.17) is 9.47 Å². The van der Waals surface area contributed by atoms with Crippen molar-refractivity contribution >= 4 is 11.6 Å². The number of nitrogens with one attached hydrogen (secondary N) is 1. The Bertz CT molecular complexity index is 519. The lowest BCUT2D eigenvalue weighted by atomic mass is 9.96. The zero-order chi connectivity index (χ0) is 18.2. The first-order chi connectivity index (χ1) is 11.4. The molecule has 0 saturated carbocycles. The quantitative estimate of drug-likeness (QED) is 0.611. The average molecular weight is 335 g/mol. The maximum atomic E-state index is 12.7. The molecule has 0 unspecified atom stereocenters. The molecule has 0 aliphatic rings. The first-order valence-electron chi connectivity index (χ1n) is 8.98. The molecule has 0 bridgehead atoms. The number of methoxy groups -OCH3 is 1. The van der Waals surface area contributed by atoms with Crippen molar-refractivity contribution in [2.75, 3.05) is 19.0 Å². The molecule has 4 nitrogen and oxygen atoms in total. The molecule has 24 heavy (non-hydrogen) atoms. The first-order valence-corrected chi connectivity index (χ1v) is 8.98. The molecule has 0 heterocycles. The van der Waals surface area contributed by atoms with Crippen molar-refractivity contribution in [3.63, 3.8) is 0 Å². The van der Waals surface area contributed by atoms with E-state index in [1.54, 1.807) is 7.11 Å². The number of unbranched alkanes of at least 4 members (excludes halogenated alkanes) is 2. The van der Waals surface area contributed by atoms with Gasteiger partial charge in [-0.15, -0.1) is 0 Å². The molecule has 0 aromatic heterocycles. The summed E-state index contributed by atoms with van der Waals surface area (Å²) in [5, 5.41) is 3.01. The monoisotopic (exact) mass is 335 g/mol. The topological polar surface area (TPSA) is 47.6 Å². The van der Waals surface area contributed by atoms with Crippen molar-refractivity contribution in [2.45, 2.75) is 72.3 Å². The predicted molar refractivity (Wildman–Crippen MR) is 99.9 cm³/mol. The van der Waals surface area contributed by atoms with Gasteiger partial charge in [-0.3, -0.25) is 4.79 Å². The zero-order valence-corrected chi connectivity index (χ0v) is 16.1. The van der Waals surface area contributed by atoms with Crippen LogP contribution in [0.2, 0.25) is 0 Å². The van der Waals surface area contributed by atoms with Crippen LogP contribution in [-0.2, 0) is 9.53 Å². The fourth-order valence-electron chi connectivity index (χ4n) is 2.74. The van der Waals surface area contributed by atoms with Crippen LogP contribution in [0.4, 0.5) is 5.69 Å². The SMILES string of the molecule is CCCCC[C@@](C)(OC)C(=O)Nc1cc(C)c(OCCC)c(C)c1. The van der Waals surface area contributed by atoms with Gasteiger partial charge in [-0.1, -0.05) is 33.1 Å². The minimum Gasteiger partial charge on any atom is -0.493 e. The maximum absolute atomic E-state index is 12.7. The molecule has 0 fully saturated rings. The third-order valence-electron chi connectivity index (χ3n) is 4.36. The zero-order valence-electron chi connectivity index (χ0n) is 16.1. The van der Waals surface area contributed by atoms with E-state index in [1.165, 1.54) is 0 Å². The molecule has 1 atom stereocenters. The molecule has 0 radical (unpaired) electrons. The molecule has 1 aromatic carbocycles. The molecular weight excluding hydrogens is 302 g/mol. The number of benzene rings is 1. The van der Waals surface area contributed by atoms with Gasteiger partial charge in [-0.05, 0) is 56.9 Å². The summed E-state index contributed by atoms with van der Waals surface area (Å²) in [5.74, 6) is 0.814. The second-order valence-electron chi connectivity index (χ2n) is 6.63. The van der Waals surface area contributed by atoms with Gasteiger partial charge in [0, 0.05) is 12.8 Å². The lowest BCUT2D eigenvalue weighted by Crippen LogP contribution is -2.42. The fourth-order valence-corrected chi connectivity index (χ4v) is 2.74. The highest BCUT2D eigenvalue weighted by atomic mass is 16.5. The molecule has 1 rings (SSSR count). The number of carbonyl (C=O) groups excluding carboxylic acids is 1. The van der Waals surface area contributed by atoms with E-state index in [0.29, 0.717) is 6.61 Å². The summed E-state index contributed by atoms with van der Waals surface area (Å²) in [5.41, 5.74) is 2.05. The summed E-state index contributed by atoms with van der Waals surface area (Å²) in [7, 11) is 1.60. The second kappa shape index (κ2) is 9.67. The molecule has 0 aliphatic carbocycles. The Morgan fingerprint density at radius 1 is 1.12 bits per heavy atom. The van der Waals surface area contributed by atoms with Crippen LogP contribution >= 0.6 is 0 Å². The van der Waals surface area contributed by atoms with E-state index in [9.17, 15) is 4.79 Å². The summed E-state index contributed by atoms with van der Waals surface area (Å²) >= 11 is 0. The Kier molecular flexibility index (Phi) is 8.26. The van der Waals surface area contributed by atoms with Crippen LogP contribution in [0, 0.1) is 13.8 Å². The van der Waals surface area contributed by atoms with Crippen molar-refractivity contribution in [3.8, 4) is 5.75 Å². The third-order valence-corrected chi connectivity index (χ3v) is 4.36. The van der Waals surface area contributed by atoms with Gasteiger partial charge < -0.3 is 14.8 Å². The average Bonchev–Trinajstić information content (AvgIpc) is 2.54. The summed E-state index contributed by atoms with van der Waals surface area (Å²) < 4.78 is 11.3. The molecule has 1 aromatic rings. The fraction of sp³-hybridized carbons (Fsp3) is 0.650. The largest absolute Gasteiger partial charge is 0.493 e. The van der Waals surface area contributed by atoms with E-state index in [2.05, 4.69) is 19.2 Å². The van der Waals surface area contributed by atoms with E-state index >= 15 is 0 Å². The van der Waals surface area contributed by atoms with Crippen molar-refractivity contribution in [3.05, 3.63) is 23.3 Å². The third kappa shape index (κ3) is 5.52. The lowest BCUT2D eigenvalue weighted by Gasteiger charge is -2.27. The second-order valence-corrected chi connectivity index (χ2v) is 6.63. The van der Waals surface area contributed by atoms with Gasteiger partial charge in [0.05, 0.1) is 6.61 Å². The molecule has 0 saturated heterocycles. The molecule has 1 N–H and O–H groups in total. The van der Waals surface area contributed by atoms with Gasteiger partial charge in [0.2, 0.25) is 0 Å². The minimum absolute atomic E-state index is 0.0953. The number of hydrogen-bond donors (Lipinski definition) is 1. The van der Waals surface area contributed by atoms with Crippen molar-refractivity contribution in [1.29, 1.82) is 0 Å². The van der Waals surface area contributed by atoms with Gasteiger partial charge >= 0.3 is 0 Å². The molecule has 0 spiro atoms. The first kappa shape index (κ1) is 20.5. The van der Waals surface area contributed by atoms with Crippen LogP contribution in [-0.4, -0.2) is 25.2 Å². The van der Waals surface area contributed by atoms with Crippen LogP contribution in [0.5, 0.6) is 5.75 Å². The number of anilines is 1. The molecule has 136 valence electrons. The van der Waals surface area contributed by atoms with Gasteiger partial charge in [0.15, 0.2) is 0 Å². The number of rotatable bonds is 10. The van der Waals surface area contributed by atoms with Gasteiger partial charge in [0.1, 0.15) is 11.4 Å². The Balaban J connectivity index is 2.85. The number of hydrogen-bond acceptors (Lipinski definition) is 3. The van der Waals surface area contributed by atoms with Gasteiger partial charge in [-0.25, -0.2) is 0 Å². The van der Waals surface area contributed by atoms with Crippen LogP contribution in [0.1, 0.15) is 64.0 Å². The highest BCUT2D eigenvalue weighted by molar-refractivity contribution is 5.97. The van der Waals surface area contributed by atoms with Gasteiger partial charge in [-0.2, -0.15) is 0 Å². The molecule has 1 amide bonds. The van der Waals surface area contributed by atoms with Gasteiger partial charge in [0.25, 0.3) is 5.91 Å². The van der Waals surface area contributed by atoms with Crippen LogP contribution in [0.15, 0.2) is 12.1 Å². The maximum Gasteiger partial charge on any atom is 0.256 e. The Morgan fingerprint density at radius 3 is 2.25 bits per heavy atom. The molecular formula is C20H33NO3. The predicted octanol–water partition coefficient (Wildman–Crippen LogP) is 5.02. The summed E-state index contributed by atoms with van der Waals surface area (Å²) in [6, 6.07) is 3.91. The Hall–Kier alpha value is -1.55. The van der Waals surface area contributed by atoms with Crippen molar-refractivity contribution in [2.24, 2.45) is 0 Å². The minimum atomic E-state index is -0.797. The Morgan fingerprint density at radius 2 is 1.75 bits per heavy atom. The highest BCUT2D eigenvalue weighted by Gasteiger charge is 2.32. The standard InChI is InChI=1S/C20H33NO3/c1-7-9-10-11-20(5,23-6)19(22)21-17-13-15(3)18(16(4)14-17)24-12-8-2/h13-14H,7-12H2,1-6H3,(H,21,22)/t20-/m1/s1. The number of carbonyl (C=O) groups is 1. The number of amides is 1. The molecule has 0 aliphatic heterocycles. The lowest BCUT2D eigenvalue weighted by molar-refractivity contribution is -0.136. The van der Waals surface area contributed by atoms with Crippen molar-refractivity contribution < 1.29 is 14.3 Å². The number of ether oxygens (including phenoxy) is 2. The normalized spacial score (nSPS) is 13.4. The smallest absolute Gasteiger partial charge is 0.256 e. The van der Waals surface area contributed by atoms with E-state index in [1.807, 2.05) is 32.9 Å². The Labute approximate surface area is 146 Å². The summed E-state index contributed by atoms with van der Waals surface area (Å²) in [6.45, 7) is 10.8. The van der Waals surface area contributed by atoms with Crippen LogP contribution in [0.25, 0.3) is 0 Å². The van der Waals surface area contributed by atoms with Crippen molar-refractivity contribution in [1.82, 2.24) is 0 Å². The van der Waals surface area contributed by atoms with E-state index in [-0.39, 0.29) is 5.91 Å². The van der Waals surface area contributed by atoms with Crippen LogP contribution in [0.3, 0.4) is 0 Å². The highest BCUT2D eigenvalue weighted by Crippen LogP contribution is 2.28. The molecule has 4 heteroatoms. The number of aryl methyl sites for hydroxylation is 2. The van der Waals surface area contributed by atoms with Crippen LogP contribution < -0.4 is 10.1 Å². The van der Waals surface area contributed by atoms with E-state index < -0.39 is 5.60 Å².